The zero-order chi connectivity index (χ0) is 15.5. The molecule has 22 heavy (non-hydrogen) atoms. The standard InChI is InChI=1S/C16H23F3N2.ClH/c1-12-3-4-14(13(2)11-12)15(5-6-16(17,18)19)21-9-7-20-8-10-21;/h3-4,11,15,20H,5-10H2,1-2H3;1H/t15-;/m1./s1. The van der Waals surface area contributed by atoms with E-state index in [-0.39, 0.29) is 24.9 Å². The summed E-state index contributed by atoms with van der Waals surface area (Å²) in [5.74, 6) is 0. The first-order valence-electron chi connectivity index (χ1n) is 7.45. The lowest BCUT2D eigenvalue weighted by Gasteiger charge is -2.36. The third-order valence-corrected chi connectivity index (χ3v) is 4.08. The van der Waals surface area contributed by atoms with Crippen LogP contribution in [-0.2, 0) is 0 Å². The van der Waals surface area contributed by atoms with Crippen LogP contribution < -0.4 is 5.32 Å². The van der Waals surface area contributed by atoms with Crippen LogP contribution in [0.2, 0.25) is 0 Å². The molecule has 2 nitrogen and oxygen atoms in total. The molecule has 1 aromatic rings. The number of halogens is 4. The molecule has 6 heteroatoms. The van der Waals surface area contributed by atoms with Gasteiger partial charge in [-0.25, -0.2) is 0 Å². The first-order valence-corrected chi connectivity index (χ1v) is 7.45. The number of piperazine rings is 1. The SMILES string of the molecule is Cc1ccc([C@@H](CCC(F)(F)F)N2CCNCC2)c(C)c1.Cl. The van der Waals surface area contributed by atoms with E-state index in [4.69, 9.17) is 0 Å². The van der Waals surface area contributed by atoms with E-state index in [2.05, 4.69) is 16.3 Å². The number of hydrogen-bond acceptors (Lipinski definition) is 2. The lowest BCUT2D eigenvalue weighted by Crippen LogP contribution is -2.45. The minimum Gasteiger partial charge on any atom is -0.314 e. The third-order valence-electron chi connectivity index (χ3n) is 4.08. The van der Waals surface area contributed by atoms with Crippen LogP contribution in [0.3, 0.4) is 0 Å². The molecular weight excluding hydrogens is 313 g/mol. The molecule has 1 aromatic carbocycles. The van der Waals surface area contributed by atoms with Crippen molar-refractivity contribution in [3.8, 4) is 0 Å². The van der Waals surface area contributed by atoms with Crippen molar-refractivity contribution in [2.45, 2.75) is 38.9 Å². The van der Waals surface area contributed by atoms with Gasteiger partial charge in [0, 0.05) is 38.6 Å². The summed E-state index contributed by atoms with van der Waals surface area (Å²) in [6.45, 7) is 7.28. The smallest absolute Gasteiger partial charge is 0.314 e. The molecule has 0 amide bonds. The molecule has 1 aliphatic heterocycles. The van der Waals surface area contributed by atoms with Crippen LogP contribution in [0.5, 0.6) is 0 Å². The van der Waals surface area contributed by atoms with Crippen LogP contribution in [0.25, 0.3) is 0 Å². The number of alkyl halides is 3. The zero-order valence-electron chi connectivity index (χ0n) is 13.0. The van der Waals surface area contributed by atoms with Crippen LogP contribution >= 0.6 is 12.4 Å². The Labute approximate surface area is 136 Å². The molecule has 0 aromatic heterocycles. The molecular formula is C16H24ClF3N2. The Morgan fingerprint density at radius 1 is 1.18 bits per heavy atom. The summed E-state index contributed by atoms with van der Waals surface area (Å²) < 4.78 is 37.9. The van der Waals surface area contributed by atoms with E-state index < -0.39 is 12.6 Å². The first kappa shape index (κ1) is 19.3. The summed E-state index contributed by atoms with van der Waals surface area (Å²) in [5, 5.41) is 3.25. The molecule has 1 saturated heterocycles. The predicted octanol–water partition coefficient (Wildman–Crippen LogP) is 4.01. The topological polar surface area (TPSA) is 15.3 Å². The molecule has 0 saturated carbocycles. The number of nitrogens with zero attached hydrogens (tertiary/aromatic N) is 1. The maximum absolute atomic E-state index is 12.6. The maximum atomic E-state index is 12.6. The van der Waals surface area contributed by atoms with E-state index in [1.807, 2.05) is 26.0 Å². The molecule has 0 unspecified atom stereocenters. The highest BCUT2D eigenvalue weighted by Crippen LogP contribution is 2.33. The van der Waals surface area contributed by atoms with Crippen LogP contribution in [0, 0.1) is 13.8 Å². The van der Waals surface area contributed by atoms with Gasteiger partial charge in [-0.3, -0.25) is 4.90 Å². The Hall–Kier alpha value is -0.780. The Bertz CT molecular complexity index is 471. The average molecular weight is 337 g/mol. The minimum absolute atomic E-state index is 0. The van der Waals surface area contributed by atoms with Crippen molar-refractivity contribution in [2.24, 2.45) is 0 Å². The van der Waals surface area contributed by atoms with Crippen molar-refractivity contribution in [3.05, 3.63) is 34.9 Å². The molecule has 126 valence electrons. The monoisotopic (exact) mass is 336 g/mol. The molecule has 1 atom stereocenters. The van der Waals surface area contributed by atoms with Crippen molar-refractivity contribution in [1.82, 2.24) is 10.2 Å². The van der Waals surface area contributed by atoms with E-state index in [9.17, 15) is 13.2 Å². The van der Waals surface area contributed by atoms with E-state index in [0.717, 1.165) is 42.9 Å². The molecule has 1 heterocycles. The number of aryl methyl sites for hydroxylation is 2. The van der Waals surface area contributed by atoms with Crippen LogP contribution in [0.4, 0.5) is 13.2 Å². The van der Waals surface area contributed by atoms with E-state index in [0.29, 0.717) is 0 Å². The first-order chi connectivity index (χ1) is 9.87. The lowest BCUT2D eigenvalue weighted by molar-refractivity contribution is -0.138. The van der Waals surface area contributed by atoms with Crippen molar-refractivity contribution < 1.29 is 13.2 Å². The lowest BCUT2D eigenvalue weighted by atomic mass is 9.94. The number of rotatable bonds is 4. The van der Waals surface area contributed by atoms with Gasteiger partial charge in [-0.05, 0) is 31.4 Å². The fourth-order valence-corrected chi connectivity index (χ4v) is 3.03. The van der Waals surface area contributed by atoms with Crippen molar-refractivity contribution >= 4 is 12.4 Å². The molecule has 0 bridgehead atoms. The quantitative estimate of drug-likeness (QED) is 0.893. The summed E-state index contributed by atoms with van der Waals surface area (Å²) in [7, 11) is 0. The van der Waals surface area contributed by atoms with Gasteiger partial charge in [0.25, 0.3) is 0 Å². The van der Waals surface area contributed by atoms with Crippen LogP contribution in [0.1, 0.15) is 35.6 Å². The molecule has 1 fully saturated rings. The molecule has 1 N–H and O–H groups in total. The predicted molar refractivity (Wildman–Crippen MR) is 85.6 cm³/mol. The van der Waals surface area contributed by atoms with Crippen molar-refractivity contribution in [3.63, 3.8) is 0 Å². The Morgan fingerprint density at radius 2 is 1.82 bits per heavy atom. The Morgan fingerprint density at radius 3 is 2.36 bits per heavy atom. The maximum Gasteiger partial charge on any atom is 0.389 e. The summed E-state index contributed by atoms with van der Waals surface area (Å²) in [6, 6.07) is 5.89. The minimum atomic E-state index is -4.09. The number of nitrogens with one attached hydrogen (secondary N) is 1. The normalized spacial score (nSPS) is 17.9. The molecule has 2 rings (SSSR count). The summed E-state index contributed by atoms with van der Waals surface area (Å²) in [5.41, 5.74) is 3.26. The van der Waals surface area contributed by atoms with Gasteiger partial charge in [-0.2, -0.15) is 13.2 Å². The second kappa shape index (κ2) is 8.18. The second-order valence-electron chi connectivity index (χ2n) is 5.82. The molecule has 1 aliphatic rings. The van der Waals surface area contributed by atoms with Gasteiger partial charge in [-0.15, -0.1) is 12.4 Å². The fourth-order valence-electron chi connectivity index (χ4n) is 3.03. The van der Waals surface area contributed by atoms with Gasteiger partial charge < -0.3 is 5.32 Å². The highest BCUT2D eigenvalue weighted by Gasteiger charge is 2.31. The molecule has 0 spiro atoms. The van der Waals surface area contributed by atoms with Gasteiger partial charge in [0.2, 0.25) is 0 Å². The van der Waals surface area contributed by atoms with Crippen LogP contribution in [-0.4, -0.2) is 37.3 Å². The van der Waals surface area contributed by atoms with Gasteiger partial charge >= 0.3 is 6.18 Å². The van der Waals surface area contributed by atoms with Gasteiger partial charge in [-0.1, -0.05) is 23.8 Å². The van der Waals surface area contributed by atoms with E-state index >= 15 is 0 Å². The van der Waals surface area contributed by atoms with E-state index in [1.165, 1.54) is 0 Å². The number of benzene rings is 1. The molecule has 0 radical (unpaired) electrons. The Kier molecular flexibility index (Phi) is 7.16. The van der Waals surface area contributed by atoms with Crippen molar-refractivity contribution in [1.29, 1.82) is 0 Å². The van der Waals surface area contributed by atoms with E-state index in [1.54, 1.807) is 0 Å². The van der Waals surface area contributed by atoms with Gasteiger partial charge in [0.05, 0.1) is 0 Å². The third kappa shape index (κ3) is 5.45. The molecule has 0 aliphatic carbocycles. The highest BCUT2D eigenvalue weighted by molar-refractivity contribution is 5.85. The summed E-state index contributed by atoms with van der Waals surface area (Å²) in [6.07, 6.45) is -4.69. The Balaban J connectivity index is 0.00000242. The second-order valence-corrected chi connectivity index (χ2v) is 5.82. The highest BCUT2D eigenvalue weighted by atomic mass is 35.5. The van der Waals surface area contributed by atoms with Gasteiger partial charge in [0.15, 0.2) is 0 Å². The van der Waals surface area contributed by atoms with Gasteiger partial charge in [0.1, 0.15) is 0 Å². The largest absolute Gasteiger partial charge is 0.389 e. The van der Waals surface area contributed by atoms with Crippen LogP contribution in [0.15, 0.2) is 18.2 Å². The summed E-state index contributed by atoms with van der Waals surface area (Å²) in [4.78, 5) is 2.18. The average Bonchev–Trinajstić information content (AvgIpc) is 2.41. The summed E-state index contributed by atoms with van der Waals surface area (Å²) >= 11 is 0. The fraction of sp³-hybridized carbons (Fsp3) is 0.625. The number of hydrogen-bond donors (Lipinski definition) is 1. The zero-order valence-corrected chi connectivity index (χ0v) is 13.9. The van der Waals surface area contributed by atoms with Crippen molar-refractivity contribution in [2.75, 3.05) is 26.2 Å².